The number of hydrogen-bond acceptors (Lipinski definition) is 2. The van der Waals surface area contributed by atoms with Gasteiger partial charge in [0.15, 0.2) is 0 Å². The molecule has 0 aliphatic heterocycles. The summed E-state index contributed by atoms with van der Waals surface area (Å²) in [6, 6.07) is 9.59. The van der Waals surface area contributed by atoms with E-state index < -0.39 is 0 Å². The van der Waals surface area contributed by atoms with E-state index in [1.54, 1.807) is 24.5 Å². The van der Waals surface area contributed by atoms with E-state index in [0.29, 0.717) is 5.56 Å². The molecule has 0 saturated carbocycles. The average Bonchev–Trinajstić information content (AvgIpc) is 2.93. The Hall–Kier alpha value is -2.33. The quantitative estimate of drug-likeness (QED) is 0.757. The Labute approximate surface area is 138 Å². The number of hydrogen-bond donors (Lipinski definition) is 2. The third-order valence-corrected chi connectivity index (χ3v) is 4.64. The number of aromatic amines is 1. The molecule has 2 aromatic heterocycles. The lowest BCUT2D eigenvalue weighted by molar-refractivity contribution is 0.0933. The van der Waals surface area contributed by atoms with Gasteiger partial charge in [-0.05, 0) is 55.2 Å². The second-order valence-corrected chi connectivity index (χ2v) is 6.36. The molecule has 4 nitrogen and oxygen atoms in total. The third-order valence-electron chi connectivity index (χ3n) is 4.41. The first-order chi connectivity index (χ1) is 11.2. The van der Waals surface area contributed by atoms with E-state index in [4.69, 9.17) is 11.6 Å². The minimum absolute atomic E-state index is 0.0653. The van der Waals surface area contributed by atoms with Crippen LogP contribution in [-0.4, -0.2) is 21.9 Å². The van der Waals surface area contributed by atoms with Gasteiger partial charge in [-0.15, -0.1) is 0 Å². The van der Waals surface area contributed by atoms with Crippen LogP contribution >= 0.6 is 11.6 Å². The number of amides is 1. The number of benzene rings is 1. The molecule has 23 heavy (non-hydrogen) atoms. The molecule has 1 amide bonds. The van der Waals surface area contributed by atoms with Gasteiger partial charge in [0.05, 0.1) is 5.56 Å². The zero-order chi connectivity index (χ0) is 15.8. The summed E-state index contributed by atoms with van der Waals surface area (Å²) in [6.07, 6.45) is 5.94. The molecule has 116 valence electrons. The van der Waals surface area contributed by atoms with Crippen LogP contribution in [0.3, 0.4) is 0 Å². The van der Waals surface area contributed by atoms with Crippen molar-refractivity contribution in [1.29, 1.82) is 0 Å². The number of aryl methyl sites for hydroxylation is 1. The average molecular weight is 326 g/mol. The summed E-state index contributed by atoms with van der Waals surface area (Å²) in [7, 11) is 0. The van der Waals surface area contributed by atoms with Crippen molar-refractivity contribution in [3.8, 4) is 0 Å². The van der Waals surface area contributed by atoms with Crippen LogP contribution in [0, 0.1) is 0 Å². The number of rotatable bonds is 2. The fourth-order valence-corrected chi connectivity index (χ4v) is 3.45. The molecule has 1 aliphatic carbocycles. The van der Waals surface area contributed by atoms with E-state index in [0.717, 1.165) is 35.2 Å². The fraction of sp³-hybridized carbons (Fsp3) is 0.222. The van der Waals surface area contributed by atoms with Crippen molar-refractivity contribution in [3.05, 3.63) is 64.6 Å². The van der Waals surface area contributed by atoms with Crippen molar-refractivity contribution in [1.82, 2.24) is 15.3 Å². The number of nitrogens with one attached hydrogen (secondary N) is 2. The zero-order valence-electron chi connectivity index (χ0n) is 12.5. The summed E-state index contributed by atoms with van der Waals surface area (Å²) in [5, 5.41) is 5.02. The molecule has 0 bridgehead atoms. The first-order valence-corrected chi connectivity index (χ1v) is 8.08. The van der Waals surface area contributed by atoms with Gasteiger partial charge in [-0.2, -0.15) is 0 Å². The highest BCUT2D eigenvalue weighted by Gasteiger charge is 2.24. The number of pyridine rings is 1. The Morgan fingerprint density at radius 1 is 1.35 bits per heavy atom. The number of carbonyl (C=O) groups is 1. The number of carbonyl (C=O) groups excluding carboxylic acids is 1. The first-order valence-electron chi connectivity index (χ1n) is 7.70. The van der Waals surface area contributed by atoms with Gasteiger partial charge in [0.2, 0.25) is 0 Å². The Bertz CT molecular complexity index is 873. The Balaban J connectivity index is 1.57. The summed E-state index contributed by atoms with van der Waals surface area (Å²) in [6.45, 7) is 0. The van der Waals surface area contributed by atoms with Crippen LogP contribution in [0.25, 0.3) is 10.9 Å². The Morgan fingerprint density at radius 2 is 2.26 bits per heavy atom. The van der Waals surface area contributed by atoms with Crippen molar-refractivity contribution in [2.24, 2.45) is 0 Å². The molecule has 2 heterocycles. The van der Waals surface area contributed by atoms with Gasteiger partial charge in [0.1, 0.15) is 0 Å². The molecule has 2 N–H and O–H groups in total. The second kappa shape index (κ2) is 5.70. The molecule has 4 rings (SSSR count). The van der Waals surface area contributed by atoms with Gasteiger partial charge in [-0.3, -0.25) is 9.78 Å². The number of aromatic nitrogens is 2. The molecule has 0 spiro atoms. The summed E-state index contributed by atoms with van der Waals surface area (Å²) < 4.78 is 0. The SMILES string of the molecule is O=C(NC1CCc2[nH]c3ccc(Cl)cc3c2C1)c1cccnc1. The molecule has 0 radical (unpaired) electrons. The van der Waals surface area contributed by atoms with E-state index in [1.807, 2.05) is 18.2 Å². The van der Waals surface area contributed by atoms with Crippen LogP contribution < -0.4 is 5.32 Å². The maximum atomic E-state index is 12.3. The largest absolute Gasteiger partial charge is 0.358 e. The molecule has 3 aromatic rings. The fourth-order valence-electron chi connectivity index (χ4n) is 3.28. The van der Waals surface area contributed by atoms with E-state index in [2.05, 4.69) is 15.3 Å². The Morgan fingerprint density at radius 3 is 3.09 bits per heavy atom. The smallest absolute Gasteiger partial charge is 0.253 e. The lowest BCUT2D eigenvalue weighted by Gasteiger charge is -2.23. The maximum absolute atomic E-state index is 12.3. The van der Waals surface area contributed by atoms with Crippen LogP contribution in [0.2, 0.25) is 5.02 Å². The molecule has 0 saturated heterocycles. The highest BCUT2D eigenvalue weighted by molar-refractivity contribution is 6.31. The number of halogens is 1. The third kappa shape index (κ3) is 2.70. The maximum Gasteiger partial charge on any atom is 0.253 e. The van der Waals surface area contributed by atoms with Gasteiger partial charge < -0.3 is 10.3 Å². The van der Waals surface area contributed by atoms with Gasteiger partial charge >= 0.3 is 0 Å². The molecule has 1 unspecified atom stereocenters. The lowest BCUT2D eigenvalue weighted by Crippen LogP contribution is -2.38. The molecular weight excluding hydrogens is 310 g/mol. The molecule has 1 atom stereocenters. The van der Waals surface area contributed by atoms with E-state index in [-0.39, 0.29) is 11.9 Å². The van der Waals surface area contributed by atoms with Crippen molar-refractivity contribution < 1.29 is 4.79 Å². The standard InChI is InChI=1S/C18H16ClN3O/c19-12-3-5-16-14(8-12)15-9-13(4-6-17(15)22-16)21-18(23)11-2-1-7-20-10-11/h1-3,5,7-8,10,13,22H,4,6,9H2,(H,21,23). The Kier molecular flexibility index (Phi) is 3.54. The highest BCUT2D eigenvalue weighted by atomic mass is 35.5. The first kappa shape index (κ1) is 14.3. The van der Waals surface area contributed by atoms with Gasteiger partial charge in [0.25, 0.3) is 5.91 Å². The summed E-state index contributed by atoms with van der Waals surface area (Å²) in [4.78, 5) is 19.8. The molecule has 5 heteroatoms. The lowest BCUT2D eigenvalue weighted by atomic mass is 9.91. The van der Waals surface area contributed by atoms with Crippen LogP contribution in [0.1, 0.15) is 28.0 Å². The topological polar surface area (TPSA) is 57.8 Å². The van der Waals surface area contributed by atoms with Crippen LogP contribution in [0.5, 0.6) is 0 Å². The van der Waals surface area contributed by atoms with Gasteiger partial charge in [-0.25, -0.2) is 0 Å². The molecular formula is C18H16ClN3O. The van der Waals surface area contributed by atoms with Crippen LogP contribution in [0.15, 0.2) is 42.7 Å². The van der Waals surface area contributed by atoms with E-state index >= 15 is 0 Å². The van der Waals surface area contributed by atoms with Crippen molar-refractivity contribution >= 4 is 28.4 Å². The predicted molar refractivity (Wildman–Crippen MR) is 90.8 cm³/mol. The normalized spacial score (nSPS) is 17.0. The molecule has 1 aromatic carbocycles. The monoisotopic (exact) mass is 325 g/mol. The summed E-state index contributed by atoms with van der Waals surface area (Å²) >= 11 is 6.13. The second-order valence-electron chi connectivity index (χ2n) is 5.93. The molecule has 1 aliphatic rings. The number of fused-ring (bicyclic) bond motifs is 3. The van der Waals surface area contributed by atoms with Crippen LogP contribution in [-0.2, 0) is 12.8 Å². The zero-order valence-corrected chi connectivity index (χ0v) is 13.2. The summed E-state index contributed by atoms with van der Waals surface area (Å²) in [5.41, 5.74) is 4.23. The minimum atomic E-state index is -0.0653. The number of H-pyrrole nitrogens is 1. The van der Waals surface area contributed by atoms with Crippen molar-refractivity contribution in [3.63, 3.8) is 0 Å². The van der Waals surface area contributed by atoms with Crippen molar-refractivity contribution in [2.45, 2.75) is 25.3 Å². The van der Waals surface area contributed by atoms with E-state index in [1.165, 1.54) is 11.3 Å². The number of nitrogens with zero attached hydrogens (tertiary/aromatic N) is 1. The van der Waals surface area contributed by atoms with Gasteiger partial charge in [-0.1, -0.05) is 11.6 Å². The van der Waals surface area contributed by atoms with E-state index in [9.17, 15) is 4.79 Å². The minimum Gasteiger partial charge on any atom is -0.358 e. The highest BCUT2D eigenvalue weighted by Crippen LogP contribution is 2.31. The van der Waals surface area contributed by atoms with Crippen LogP contribution in [0.4, 0.5) is 0 Å². The molecule has 0 fully saturated rings. The summed E-state index contributed by atoms with van der Waals surface area (Å²) in [5.74, 6) is -0.0653. The van der Waals surface area contributed by atoms with Crippen molar-refractivity contribution in [2.75, 3.05) is 0 Å². The van der Waals surface area contributed by atoms with Gasteiger partial charge in [0, 0.05) is 40.1 Å². The predicted octanol–water partition coefficient (Wildman–Crippen LogP) is 3.50.